The molecule has 132 valence electrons. The van der Waals surface area contributed by atoms with E-state index in [-0.39, 0.29) is 28.2 Å². The first kappa shape index (κ1) is 18.6. The van der Waals surface area contributed by atoms with Gasteiger partial charge in [0.1, 0.15) is 22.6 Å². The first-order valence-electron chi connectivity index (χ1n) is 7.77. The lowest BCUT2D eigenvalue weighted by atomic mass is 10.2. The predicted molar refractivity (Wildman–Crippen MR) is 103 cm³/mol. The van der Waals surface area contributed by atoms with Gasteiger partial charge in [0.25, 0.3) is 5.56 Å². The standard InChI is InChI=1S/C20H11ClFN3OS/c21-16-3-1-2-14(8-16)9-18-19(26)25(20(27-18)15(10-23)11-24)12-13-4-6-17(22)7-5-13/h1-9H,12H2/b18-9+. The van der Waals surface area contributed by atoms with Crippen LogP contribution in [0.4, 0.5) is 4.39 Å². The van der Waals surface area contributed by atoms with Gasteiger partial charge in [0.2, 0.25) is 0 Å². The van der Waals surface area contributed by atoms with Gasteiger partial charge < -0.3 is 0 Å². The average Bonchev–Trinajstić information content (AvgIpc) is 2.94. The fourth-order valence-electron chi connectivity index (χ4n) is 2.49. The van der Waals surface area contributed by atoms with Crippen LogP contribution in [-0.4, -0.2) is 4.57 Å². The third-order valence-electron chi connectivity index (χ3n) is 3.75. The van der Waals surface area contributed by atoms with E-state index in [4.69, 9.17) is 11.6 Å². The molecule has 1 heterocycles. The summed E-state index contributed by atoms with van der Waals surface area (Å²) in [7, 11) is 0. The molecule has 2 aromatic carbocycles. The Bertz CT molecular complexity index is 1240. The zero-order valence-corrected chi connectivity index (χ0v) is 15.4. The van der Waals surface area contributed by atoms with Crippen LogP contribution in [0, 0.1) is 28.5 Å². The van der Waals surface area contributed by atoms with Crippen LogP contribution >= 0.6 is 22.9 Å². The Morgan fingerprint density at radius 2 is 1.89 bits per heavy atom. The number of nitriles is 2. The number of aromatic nitrogens is 1. The van der Waals surface area contributed by atoms with Gasteiger partial charge in [-0.25, -0.2) is 4.39 Å². The summed E-state index contributed by atoms with van der Waals surface area (Å²) in [5.41, 5.74) is 0.936. The van der Waals surface area contributed by atoms with Crippen LogP contribution in [0.15, 0.2) is 53.3 Å². The molecule has 7 heteroatoms. The number of halogens is 2. The second-order valence-electron chi connectivity index (χ2n) is 5.59. The minimum Gasteiger partial charge on any atom is -0.293 e. The number of nitrogens with zero attached hydrogens (tertiary/aromatic N) is 3. The lowest BCUT2D eigenvalue weighted by Gasteiger charge is -2.02. The molecule has 0 saturated carbocycles. The van der Waals surface area contributed by atoms with E-state index < -0.39 is 0 Å². The molecule has 3 aromatic rings. The summed E-state index contributed by atoms with van der Waals surface area (Å²) in [5, 5.41) is 19.0. The van der Waals surface area contributed by atoms with Crippen molar-refractivity contribution in [1.82, 2.24) is 4.57 Å². The predicted octanol–water partition coefficient (Wildman–Crippen LogP) is 2.78. The Balaban J connectivity index is 2.23. The van der Waals surface area contributed by atoms with E-state index in [1.54, 1.807) is 42.5 Å². The third-order valence-corrected chi connectivity index (χ3v) is 5.11. The van der Waals surface area contributed by atoms with Crippen molar-refractivity contribution in [2.24, 2.45) is 0 Å². The molecule has 3 rings (SSSR count). The van der Waals surface area contributed by atoms with Crippen molar-refractivity contribution >= 4 is 34.6 Å². The monoisotopic (exact) mass is 395 g/mol. The van der Waals surface area contributed by atoms with E-state index >= 15 is 0 Å². The summed E-state index contributed by atoms with van der Waals surface area (Å²) < 4.78 is 15.1. The van der Waals surface area contributed by atoms with Crippen molar-refractivity contribution in [3.8, 4) is 12.1 Å². The topological polar surface area (TPSA) is 69.6 Å². The van der Waals surface area contributed by atoms with Gasteiger partial charge in [0.05, 0.1) is 11.1 Å². The maximum atomic E-state index is 13.1. The van der Waals surface area contributed by atoms with Crippen molar-refractivity contribution in [2.45, 2.75) is 6.54 Å². The van der Waals surface area contributed by atoms with Crippen LogP contribution in [0.1, 0.15) is 11.1 Å². The van der Waals surface area contributed by atoms with Gasteiger partial charge >= 0.3 is 0 Å². The van der Waals surface area contributed by atoms with Crippen LogP contribution in [0.5, 0.6) is 0 Å². The van der Waals surface area contributed by atoms with Gasteiger partial charge in [0, 0.05) is 5.02 Å². The smallest absolute Gasteiger partial charge is 0.269 e. The molecule has 0 saturated heterocycles. The fourth-order valence-corrected chi connectivity index (χ4v) is 3.74. The number of rotatable bonds is 3. The van der Waals surface area contributed by atoms with E-state index in [9.17, 15) is 19.7 Å². The summed E-state index contributed by atoms with van der Waals surface area (Å²) in [5.74, 6) is -0.382. The van der Waals surface area contributed by atoms with Crippen LogP contribution < -0.4 is 14.8 Å². The van der Waals surface area contributed by atoms with Crippen LogP contribution in [-0.2, 0) is 6.54 Å². The normalized spacial score (nSPS) is 11.0. The highest BCUT2D eigenvalue weighted by atomic mass is 35.5. The number of hydrogen-bond donors (Lipinski definition) is 0. The maximum absolute atomic E-state index is 13.1. The summed E-state index contributed by atoms with van der Waals surface area (Å²) in [6.07, 6.45) is 1.66. The summed E-state index contributed by atoms with van der Waals surface area (Å²) >= 11 is 7.04. The molecule has 1 aromatic heterocycles. The fraction of sp³-hybridized carbons (Fsp3) is 0.0500. The molecule has 0 radical (unpaired) electrons. The van der Waals surface area contributed by atoms with E-state index in [1.807, 2.05) is 12.1 Å². The molecule has 0 aliphatic rings. The third kappa shape index (κ3) is 4.15. The van der Waals surface area contributed by atoms with Crippen LogP contribution in [0.2, 0.25) is 5.02 Å². The number of benzene rings is 2. The Hall–Kier alpha value is -3.19. The Labute approximate surface area is 162 Å². The van der Waals surface area contributed by atoms with Crippen molar-refractivity contribution in [1.29, 1.82) is 10.5 Å². The molecule has 27 heavy (non-hydrogen) atoms. The molecule has 0 aliphatic heterocycles. The average molecular weight is 396 g/mol. The Kier molecular flexibility index (Phi) is 5.52. The van der Waals surface area contributed by atoms with E-state index in [2.05, 4.69) is 0 Å². The zero-order valence-electron chi connectivity index (χ0n) is 13.8. The van der Waals surface area contributed by atoms with E-state index in [1.165, 1.54) is 16.7 Å². The molecule has 0 amide bonds. The largest absolute Gasteiger partial charge is 0.293 e. The van der Waals surface area contributed by atoms with E-state index in [0.29, 0.717) is 15.1 Å². The summed E-state index contributed by atoms with van der Waals surface area (Å²) in [6.45, 7) is 0.126. The van der Waals surface area contributed by atoms with Crippen molar-refractivity contribution in [3.63, 3.8) is 0 Å². The number of hydrogen-bond acceptors (Lipinski definition) is 4. The molecule has 0 atom stereocenters. The highest BCUT2D eigenvalue weighted by molar-refractivity contribution is 7.07. The molecule has 0 bridgehead atoms. The Morgan fingerprint density at radius 3 is 2.52 bits per heavy atom. The van der Waals surface area contributed by atoms with E-state index in [0.717, 1.165) is 16.9 Å². The second-order valence-corrected chi connectivity index (χ2v) is 7.05. The van der Waals surface area contributed by atoms with Gasteiger partial charge in [-0.3, -0.25) is 9.36 Å². The minimum absolute atomic E-state index is 0.126. The minimum atomic E-state index is -0.382. The van der Waals surface area contributed by atoms with Crippen molar-refractivity contribution in [3.05, 3.63) is 90.0 Å². The highest BCUT2D eigenvalue weighted by Crippen LogP contribution is 2.11. The highest BCUT2D eigenvalue weighted by Gasteiger charge is 2.10. The van der Waals surface area contributed by atoms with Crippen LogP contribution in [0.3, 0.4) is 0 Å². The molecule has 0 aliphatic carbocycles. The van der Waals surface area contributed by atoms with Crippen molar-refractivity contribution < 1.29 is 4.39 Å². The molecule has 0 unspecified atom stereocenters. The van der Waals surface area contributed by atoms with Crippen LogP contribution in [0.25, 0.3) is 11.6 Å². The molecule has 0 fully saturated rings. The molecule has 0 N–H and O–H groups in total. The molecular formula is C20H11ClFN3OS. The quantitative estimate of drug-likeness (QED) is 0.684. The van der Waals surface area contributed by atoms with Gasteiger partial charge in [-0.15, -0.1) is 11.3 Å². The first-order valence-corrected chi connectivity index (χ1v) is 8.97. The Morgan fingerprint density at radius 1 is 1.19 bits per heavy atom. The van der Waals surface area contributed by atoms with Gasteiger partial charge in [-0.2, -0.15) is 10.5 Å². The van der Waals surface area contributed by atoms with Gasteiger partial charge in [0.15, 0.2) is 5.57 Å². The van der Waals surface area contributed by atoms with Crippen molar-refractivity contribution in [2.75, 3.05) is 0 Å². The lowest BCUT2D eigenvalue weighted by molar-refractivity contribution is 0.626. The number of thiazole rings is 1. The molecule has 4 nitrogen and oxygen atoms in total. The summed E-state index contributed by atoms with van der Waals surface area (Å²) in [4.78, 5) is 12.9. The van der Waals surface area contributed by atoms with Gasteiger partial charge in [-0.05, 0) is 41.5 Å². The molecular weight excluding hydrogens is 385 g/mol. The maximum Gasteiger partial charge on any atom is 0.269 e. The first-order chi connectivity index (χ1) is 13.0. The van der Waals surface area contributed by atoms with Gasteiger partial charge in [-0.1, -0.05) is 35.9 Å². The second kappa shape index (κ2) is 8.01. The zero-order chi connectivity index (χ0) is 19.4. The lowest BCUT2D eigenvalue weighted by Crippen LogP contribution is -2.32. The summed E-state index contributed by atoms with van der Waals surface area (Å²) in [6, 6.07) is 16.4. The SMILES string of the molecule is N#CC(C#N)=c1s/c(=C/c2cccc(Cl)c2)c(=O)n1Cc1ccc(F)cc1. The molecule has 0 spiro atoms.